The van der Waals surface area contributed by atoms with Crippen LogP contribution in [0.3, 0.4) is 0 Å². The number of carbonyl (C=O) groups is 4. The van der Waals surface area contributed by atoms with Crippen LogP contribution in [0.4, 0.5) is 0 Å². The van der Waals surface area contributed by atoms with E-state index in [2.05, 4.69) is 0 Å². The number of fused-ring (bicyclic) bond motifs is 2. The van der Waals surface area contributed by atoms with E-state index in [1.807, 2.05) is 0 Å². The molecule has 0 unspecified atom stereocenters. The first-order valence-electron chi connectivity index (χ1n) is 20.0. The Morgan fingerprint density at radius 3 is 0.766 bits per heavy atom. The number of phenols is 4. The van der Waals surface area contributed by atoms with Crippen molar-refractivity contribution >= 4 is 67.0 Å². The van der Waals surface area contributed by atoms with Crippen LogP contribution in [0.5, 0.6) is 23.0 Å². The van der Waals surface area contributed by atoms with Gasteiger partial charge >= 0.3 is 23.9 Å². The standard InChI is InChI=1S/C52H36O12/c53-33-9-1-5-29(21-33)25-61-49(57)41-17-13-37-39-15-19-43(51(59)63-27-31-7-3-11-35(55)23-31)48-44(52(60)64-28-32-8-4-12-36(56)24-32)20-16-40(46(39)48)38-14-18-42(47(41)45(37)38)50(58)62-26-30-6-2-10-34(54)22-30/h1-24,53-56H,25-28H2. The number of hydrogen-bond donors (Lipinski definition) is 4. The monoisotopic (exact) mass is 852 g/mol. The predicted molar refractivity (Wildman–Crippen MR) is 237 cm³/mol. The van der Waals surface area contributed by atoms with Gasteiger partial charge in [0.05, 0.1) is 22.3 Å². The van der Waals surface area contributed by atoms with Gasteiger partial charge in [0.2, 0.25) is 0 Å². The van der Waals surface area contributed by atoms with Gasteiger partial charge in [-0.25, -0.2) is 19.2 Å². The SMILES string of the molecule is O=C(OCc1cccc(O)c1)c1ccc2c3ccc(C(=O)OCc4cccc(O)c4)c4c(C(=O)OCc5cccc(O)c5)ccc(c5ccc(C(=O)OCc6cccc(O)c6)c1c25)c43. The summed E-state index contributed by atoms with van der Waals surface area (Å²) >= 11 is 0. The van der Waals surface area contributed by atoms with Crippen LogP contribution in [0.1, 0.15) is 63.7 Å². The molecule has 0 bridgehead atoms. The van der Waals surface area contributed by atoms with E-state index < -0.39 is 23.9 Å². The fourth-order valence-electron chi connectivity index (χ4n) is 8.06. The summed E-state index contributed by atoms with van der Waals surface area (Å²) in [6, 6.07) is 38.2. The molecule has 0 aliphatic carbocycles. The second-order valence-corrected chi connectivity index (χ2v) is 15.1. The average molecular weight is 853 g/mol. The molecule has 0 radical (unpaired) electrons. The van der Waals surface area contributed by atoms with Gasteiger partial charge in [-0.2, -0.15) is 0 Å². The molecule has 64 heavy (non-hydrogen) atoms. The lowest BCUT2D eigenvalue weighted by atomic mass is 9.84. The molecule has 0 fully saturated rings. The molecular weight excluding hydrogens is 817 g/mol. The molecule has 0 atom stereocenters. The maximum atomic E-state index is 14.1. The maximum absolute atomic E-state index is 14.1. The molecule has 0 aliphatic heterocycles. The van der Waals surface area contributed by atoms with E-state index in [0.717, 1.165) is 0 Å². The lowest BCUT2D eigenvalue weighted by molar-refractivity contribution is 0.0458. The first kappa shape index (κ1) is 40.7. The first-order valence-corrected chi connectivity index (χ1v) is 20.0. The number of ether oxygens (including phenoxy) is 4. The summed E-state index contributed by atoms with van der Waals surface area (Å²) < 4.78 is 23.0. The number of rotatable bonds is 12. The van der Waals surface area contributed by atoms with Crippen LogP contribution in [-0.4, -0.2) is 44.3 Å². The van der Waals surface area contributed by atoms with E-state index in [4.69, 9.17) is 18.9 Å². The van der Waals surface area contributed by atoms with Crippen molar-refractivity contribution in [2.45, 2.75) is 26.4 Å². The highest BCUT2D eigenvalue weighted by molar-refractivity contribution is 6.38. The van der Waals surface area contributed by atoms with Gasteiger partial charge in [-0.05, 0) is 127 Å². The molecule has 0 amide bonds. The van der Waals surface area contributed by atoms with Gasteiger partial charge < -0.3 is 39.4 Å². The first-order chi connectivity index (χ1) is 31.0. The summed E-state index contributed by atoms with van der Waals surface area (Å²) in [5.74, 6) is -3.00. The van der Waals surface area contributed by atoms with Crippen molar-refractivity contribution in [1.82, 2.24) is 0 Å². The maximum Gasteiger partial charge on any atom is 0.339 e. The largest absolute Gasteiger partial charge is 0.508 e. The Morgan fingerprint density at radius 1 is 0.312 bits per heavy atom. The lowest BCUT2D eigenvalue weighted by Crippen LogP contribution is -2.12. The minimum absolute atomic E-state index is 0.000506. The summed E-state index contributed by atoms with van der Waals surface area (Å²) in [6.07, 6.45) is 0. The normalized spacial score (nSPS) is 11.2. The number of benzene rings is 9. The van der Waals surface area contributed by atoms with Gasteiger partial charge in [0.15, 0.2) is 0 Å². The number of esters is 4. The molecule has 0 spiro atoms. The summed E-state index contributed by atoms with van der Waals surface area (Å²) in [6.45, 7) is -0.706. The highest BCUT2D eigenvalue weighted by atomic mass is 16.5. The zero-order valence-electron chi connectivity index (χ0n) is 33.7. The Bertz CT molecular complexity index is 2890. The van der Waals surface area contributed by atoms with Crippen LogP contribution in [0.2, 0.25) is 0 Å². The van der Waals surface area contributed by atoms with Crippen molar-refractivity contribution in [3.63, 3.8) is 0 Å². The topological polar surface area (TPSA) is 186 Å². The van der Waals surface area contributed by atoms with E-state index in [9.17, 15) is 39.6 Å². The molecule has 316 valence electrons. The third kappa shape index (κ3) is 7.98. The molecule has 4 N–H and O–H groups in total. The summed E-state index contributed by atoms with van der Waals surface area (Å²) in [4.78, 5) is 56.3. The van der Waals surface area contributed by atoms with E-state index in [1.165, 1.54) is 48.5 Å². The summed E-state index contributed by atoms with van der Waals surface area (Å²) in [7, 11) is 0. The highest BCUT2D eigenvalue weighted by Crippen LogP contribution is 2.45. The smallest absolute Gasteiger partial charge is 0.339 e. The van der Waals surface area contributed by atoms with Crippen molar-refractivity contribution in [1.29, 1.82) is 0 Å². The number of aromatic hydroxyl groups is 4. The van der Waals surface area contributed by atoms with E-state index >= 15 is 0 Å². The Kier molecular flexibility index (Phi) is 10.8. The second kappa shape index (κ2) is 17.0. The molecule has 0 saturated heterocycles. The Hall–Kier alpha value is -8.64. The van der Waals surface area contributed by atoms with Crippen LogP contribution in [0.15, 0.2) is 146 Å². The van der Waals surface area contributed by atoms with E-state index in [1.54, 1.807) is 97.1 Å². The van der Waals surface area contributed by atoms with E-state index in [0.29, 0.717) is 54.6 Å². The predicted octanol–water partition coefficient (Wildman–Crippen LogP) is 9.99. The molecule has 9 aromatic carbocycles. The lowest BCUT2D eigenvalue weighted by Gasteiger charge is -2.20. The second-order valence-electron chi connectivity index (χ2n) is 15.1. The molecule has 0 saturated carbocycles. The van der Waals surface area contributed by atoms with E-state index in [-0.39, 0.29) is 82.5 Å². The van der Waals surface area contributed by atoms with Crippen LogP contribution in [-0.2, 0) is 45.4 Å². The van der Waals surface area contributed by atoms with Gasteiger partial charge in [-0.15, -0.1) is 0 Å². The van der Waals surface area contributed by atoms with Gasteiger partial charge in [-0.3, -0.25) is 0 Å². The van der Waals surface area contributed by atoms with Crippen LogP contribution in [0, 0.1) is 0 Å². The van der Waals surface area contributed by atoms with Gasteiger partial charge in [-0.1, -0.05) is 72.8 Å². The Labute approximate surface area is 364 Å². The van der Waals surface area contributed by atoms with Crippen LogP contribution in [0.25, 0.3) is 43.1 Å². The fourth-order valence-corrected chi connectivity index (χ4v) is 8.06. The number of carbonyl (C=O) groups excluding carboxylic acids is 4. The molecule has 12 heteroatoms. The number of hydrogen-bond acceptors (Lipinski definition) is 12. The highest BCUT2D eigenvalue weighted by Gasteiger charge is 2.28. The fraction of sp³-hybridized carbons (Fsp3) is 0.0769. The zero-order valence-corrected chi connectivity index (χ0v) is 33.7. The molecular formula is C52H36O12. The van der Waals surface area contributed by atoms with Crippen molar-refractivity contribution < 1.29 is 58.6 Å². The molecule has 12 nitrogen and oxygen atoms in total. The Balaban J connectivity index is 1.21. The quantitative estimate of drug-likeness (QED) is 0.0395. The van der Waals surface area contributed by atoms with Gasteiger partial charge in [0.25, 0.3) is 0 Å². The van der Waals surface area contributed by atoms with Gasteiger partial charge in [0, 0.05) is 10.8 Å². The van der Waals surface area contributed by atoms with Crippen molar-refractivity contribution in [2.24, 2.45) is 0 Å². The van der Waals surface area contributed by atoms with Crippen molar-refractivity contribution in [2.75, 3.05) is 0 Å². The van der Waals surface area contributed by atoms with Crippen molar-refractivity contribution in [3.05, 3.63) is 190 Å². The third-order valence-corrected chi connectivity index (χ3v) is 10.9. The molecule has 0 aliphatic rings. The van der Waals surface area contributed by atoms with Crippen molar-refractivity contribution in [3.8, 4) is 23.0 Å². The average Bonchev–Trinajstić information content (AvgIpc) is 3.29. The molecule has 0 aromatic heterocycles. The molecule has 0 heterocycles. The van der Waals surface area contributed by atoms with Crippen LogP contribution >= 0.6 is 0 Å². The minimum Gasteiger partial charge on any atom is -0.508 e. The van der Waals surface area contributed by atoms with Crippen LogP contribution < -0.4 is 0 Å². The molecule has 9 rings (SSSR count). The zero-order chi connectivity index (χ0) is 44.5. The number of phenolic OH excluding ortho intramolecular Hbond substituents is 4. The summed E-state index contributed by atoms with van der Waals surface area (Å²) in [5.41, 5.74) is 2.39. The summed E-state index contributed by atoms with van der Waals surface area (Å²) in [5, 5.41) is 43.8. The minimum atomic E-state index is -0.750. The third-order valence-electron chi connectivity index (χ3n) is 10.9. The Morgan fingerprint density at radius 2 is 0.547 bits per heavy atom. The van der Waals surface area contributed by atoms with Gasteiger partial charge in [0.1, 0.15) is 49.4 Å². The molecule has 9 aromatic rings.